The van der Waals surface area contributed by atoms with Gasteiger partial charge in [0.2, 0.25) is 0 Å². The van der Waals surface area contributed by atoms with Gasteiger partial charge in [-0.15, -0.1) is 11.3 Å². The first-order valence-electron chi connectivity index (χ1n) is 6.54. The zero-order valence-corrected chi connectivity index (χ0v) is 12.1. The molecule has 2 unspecified atom stereocenters. The van der Waals surface area contributed by atoms with E-state index < -0.39 is 0 Å². The van der Waals surface area contributed by atoms with Crippen molar-refractivity contribution in [1.29, 1.82) is 0 Å². The van der Waals surface area contributed by atoms with E-state index in [1.807, 2.05) is 18.2 Å². The van der Waals surface area contributed by atoms with Crippen molar-refractivity contribution in [1.82, 2.24) is 5.32 Å². The van der Waals surface area contributed by atoms with Crippen LogP contribution in [0.15, 0.2) is 46.8 Å². The van der Waals surface area contributed by atoms with Gasteiger partial charge in [-0.05, 0) is 23.9 Å². The molecule has 3 N–H and O–H groups in total. The van der Waals surface area contributed by atoms with Crippen LogP contribution in [-0.2, 0) is 0 Å². The third-order valence-corrected chi connectivity index (χ3v) is 4.45. The molecule has 1 aliphatic rings. The number of hydrogen-bond donors (Lipinski definition) is 2. The van der Waals surface area contributed by atoms with Crippen LogP contribution in [0.3, 0.4) is 0 Å². The first-order valence-corrected chi connectivity index (χ1v) is 7.42. The average Bonchev–Trinajstić information content (AvgIpc) is 3.01. The zero-order valence-electron chi connectivity index (χ0n) is 11.2. The molecule has 2 heterocycles. The van der Waals surface area contributed by atoms with Crippen molar-refractivity contribution >= 4 is 17.3 Å². The predicted molar refractivity (Wildman–Crippen MR) is 82.2 cm³/mol. The van der Waals surface area contributed by atoms with Crippen LogP contribution in [0.5, 0.6) is 5.75 Å². The number of nitrogens with one attached hydrogen (secondary N) is 1. The van der Waals surface area contributed by atoms with Crippen molar-refractivity contribution in [3.8, 4) is 5.75 Å². The lowest BCUT2D eigenvalue weighted by atomic mass is 9.97. The van der Waals surface area contributed by atoms with Crippen LogP contribution in [0.1, 0.15) is 28.9 Å². The Hall–Kier alpha value is -2.01. The van der Waals surface area contributed by atoms with Gasteiger partial charge in [0.15, 0.2) is 5.96 Å². The second-order valence-corrected chi connectivity index (χ2v) is 5.70. The van der Waals surface area contributed by atoms with Gasteiger partial charge in [-0.2, -0.15) is 0 Å². The Kier molecular flexibility index (Phi) is 3.60. The summed E-state index contributed by atoms with van der Waals surface area (Å²) in [6.45, 7) is 0. The molecule has 1 aromatic carbocycles. The number of para-hydroxylation sites is 1. The Morgan fingerprint density at radius 1 is 1.30 bits per heavy atom. The van der Waals surface area contributed by atoms with E-state index >= 15 is 0 Å². The molecule has 0 aliphatic carbocycles. The van der Waals surface area contributed by atoms with Gasteiger partial charge in [-0.1, -0.05) is 24.3 Å². The molecule has 0 saturated carbocycles. The van der Waals surface area contributed by atoms with Crippen LogP contribution in [0, 0.1) is 0 Å². The molecular formula is C15H17N3OS. The summed E-state index contributed by atoms with van der Waals surface area (Å²) in [5.74, 6) is 1.35. The molecule has 4 nitrogen and oxygen atoms in total. The molecule has 3 rings (SSSR count). The number of thiophene rings is 1. The summed E-state index contributed by atoms with van der Waals surface area (Å²) in [4.78, 5) is 5.81. The van der Waals surface area contributed by atoms with Crippen LogP contribution in [0.25, 0.3) is 0 Å². The van der Waals surface area contributed by atoms with Crippen molar-refractivity contribution in [2.24, 2.45) is 10.7 Å². The predicted octanol–water partition coefficient (Wildman–Crippen LogP) is 2.85. The molecule has 20 heavy (non-hydrogen) atoms. The third-order valence-electron chi connectivity index (χ3n) is 3.46. The molecule has 2 atom stereocenters. The summed E-state index contributed by atoms with van der Waals surface area (Å²) in [7, 11) is 1.68. The molecule has 0 amide bonds. The van der Waals surface area contributed by atoms with Gasteiger partial charge in [0.1, 0.15) is 5.75 Å². The monoisotopic (exact) mass is 287 g/mol. The normalized spacial score (nSPS) is 21.9. The summed E-state index contributed by atoms with van der Waals surface area (Å²) in [6, 6.07) is 12.4. The molecule has 5 heteroatoms. The molecule has 0 saturated heterocycles. The van der Waals surface area contributed by atoms with E-state index in [1.54, 1.807) is 18.4 Å². The maximum Gasteiger partial charge on any atom is 0.189 e. The summed E-state index contributed by atoms with van der Waals surface area (Å²) >= 11 is 1.73. The minimum Gasteiger partial charge on any atom is -0.496 e. The topological polar surface area (TPSA) is 59.6 Å². The number of guanidine groups is 1. The summed E-state index contributed by atoms with van der Waals surface area (Å²) in [6.07, 6.45) is 0.877. The van der Waals surface area contributed by atoms with Crippen molar-refractivity contribution in [2.75, 3.05) is 7.11 Å². The van der Waals surface area contributed by atoms with Crippen molar-refractivity contribution in [3.05, 3.63) is 52.2 Å². The largest absolute Gasteiger partial charge is 0.496 e. The van der Waals surface area contributed by atoms with Crippen molar-refractivity contribution in [3.63, 3.8) is 0 Å². The highest BCUT2D eigenvalue weighted by molar-refractivity contribution is 7.10. The standard InChI is InChI=1S/C15H17N3OS/c1-19-13-6-3-2-5-10(13)11-9-12(18-15(16)17-11)14-7-4-8-20-14/h2-8,11-12H,9H2,1H3,(H3,16,17,18). The van der Waals surface area contributed by atoms with E-state index in [-0.39, 0.29) is 12.1 Å². The number of rotatable bonds is 3. The summed E-state index contributed by atoms with van der Waals surface area (Å²) in [5, 5.41) is 5.33. The lowest BCUT2D eigenvalue weighted by molar-refractivity contribution is 0.398. The molecule has 0 radical (unpaired) electrons. The average molecular weight is 287 g/mol. The molecule has 0 bridgehead atoms. The van der Waals surface area contributed by atoms with E-state index in [9.17, 15) is 0 Å². The lowest BCUT2D eigenvalue weighted by Gasteiger charge is -2.28. The van der Waals surface area contributed by atoms with Gasteiger partial charge in [0.25, 0.3) is 0 Å². The molecule has 1 aliphatic heterocycles. The number of hydrogen-bond acceptors (Lipinski definition) is 5. The van der Waals surface area contributed by atoms with E-state index in [0.29, 0.717) is 5.96 Å². The number of aliphatic imine (C=N–C) groups is 1. The van der Waals surface area contributed by atoms with Crippen LogP contribution < -0.4 is 15.8 Å². The fourth-order valence-corrected chi connectivity index (χ4v) is 3.32. The molecule has 1 aromatic heterocycles. The van der Waals surface area contributed by atoms with E-state index in [2.05, 4.69) is 33.9 Å². The second kappa shape index (κ2) is 5.54. The van der Waals surface area contributed by atoms with Crippen LogP contribution in [-0.4, -0.2) is 13.1 Å². The number of ether oxygens (including phenoxy) is 1. The summed E-state index contributed by atoms with van der Waals surface area (Å²) in [5.41, 5.74) is 7.04. The minimum absolute atomic E-state index is 0.0273. The van der Waals surface area contributed by atoms with Gasteiger partial charge >= 0.3 is 0 Å². The number of benzene rings is 1. The maximum absolute atomic E-state index is 5.95. The summed E-state index contributed by atoms with van der Waals surface area (Å²) < 4.78 is 5.43. The minimum atomic E-state index is 0.0273. The van der Waals surface area contributed by atoms with Crippen LogP contribution in [0.2, 0.25) is 0 Å². The quantitative estimate of drug-likeness (QED) is 0.912. The highest BCUT2D eigenvalue weighted by Gasteiger charge is 2.26. The van der Waals surface area contributed by atoms with E-state index in [1.165, 1.54) is 4.88 Å². The number of methoxy groups -OCH3 is 1. The van der Waals surface area contributed by atoms with E-state index in [0.717, 1.165) is 17.7 Å². The Morgan fingerprint density at radius 3 is 2.90 bits per heavy atom. The Morgan fingerprint density at radius 2 is 2.15 bits per heavy atom. The van der Waals surface area contributed by atoms with Gasteiger partial charge in [-0.25, -0.2) is 4.99 Å². The Labute approximate surface area is 122 Å². The molecule has 2 aromatic rings. The molecular weight excluding hydrogens is 270 g/mol. The first kappa shape index (κ1) is 13.0. The number of nitrogens with two attached hydrogens (primary N) is 1. The third kappa shape index (κ3) is 2.49. The van der Waals surface area contributed by atoms with Gasteiger partial charge < -0.3 is 15.8 Å². The van der Waals surface area contributed by atoms with Crippen molar-refractivity contribution < 1.29 is 4.74 Å². The van der Waals surface area contributed by atoms with Gasteiger partial charge in [-0.3, -0.25) is 0 Å². The SMILES string of the molecule is COc1ccccc1C1CC(c2cccs2)NC(N)=N1. The Bertz CT molecular complexity index is 609. The molecule has 0 spiro atoms. The fraction of sp³-hybridized carbons (Fsp3) is 0.267. The smallest absolute Gasteiger partial charge is 0.189 e. The van der Waals surface area contributed by atoms with Gasteiger partial charge in [0, 0.05) is 10.4 Å². The highest BCUT2D eigenvalue weighted by atomic mass is 32.1. The maximum atomic E-state index is 5.95. The molecule has 104 valence electrons. The number of nitrogens with zero attached hydrogens (tertiary/aromatic N) is 1. The van der Waals surface area contributed by atoms with Gasteiger partial charge in [0.05, 0.1) is 19.2 Å². The van der Waals surface area contributed by atoms with Crippen LogP contribution >= 0.6 is 11.3 Å². The highest BCUT2D eigenvalue weighted by Crippen LogP contribution is 2.37. The van der Waals surface area contributed by atoms with E-state index in [4.69, 9.17) is 10.5 Å². The lowest BCUT2D eigenvalue weighted by Crippen LogP contribution is -2.39. The fourth-order valence-electron chi connectivity index (χ4n) is 2.53. The molecule has 0 fully saturated rings. The first-order chi connectivity index (χ1) is 9.78. The zero-order chi connectivity index (χ0) is 13.9. The van der Waals surface area contributed by atoms with Crippen molar-refractivity contribution in [2.45, 2.75) is 18.5 Å². The second-order valence-electron chi connectivity index (χ2n) is 4.72. The van der Waals surface area contributed by atoms with Crippen LogP contribution in [0.4, 0.5) is 0 Å². The Balaban J connectivity index is 1.92.